The van der Waals surface area contributed by atoms with Crippen molar-refractivity contribution in [3.63, 3.8) is 0 Å². The summed E-state index contributed by atoms with van der Waals surface area (Å²) in [6.07, 6.45) is 21.1. The molecule has 0 aliphatic carbocycles. The summed E-state index contributed by atoms with van der Waals surface area (Å²) in [6, 6.07) is 0. The third-order valence-electron chi connectivity index (χ3n) is 8.94. The first-order chi connectivity index (χ1) is 23.9. The molecule has 1 heterocycles. The minimum Gasteiger partial charge on any atom is -0.454 e. The number of methoxy groups -OCH3 is 1. The van der Waals surface area contributed by atoms with Crippen LogP contribution in [0, 0.1) is 0 Å². The van der Waals surface area contributed by atoms with E-state index in [1.54, 1.807) is 7.11 Å². The summed E-state index contributed by atoms with van der Waals surface area (Å²) in [5.74, 6) is -0.487. The highest BCUT2D eigenvalue weighted by Gasteiger charge is 2.48. The van der Waals surface area contributed by atoms with Gasteiger partial charge in [0.05, 0.1) is 6.10 Å². The second kappa shape index (κ2) is 30.8. The number of ether oxygens (including phenoxy) is 6. The van der Waals surface area contributed by atoms with Crippen LogP contribution in [-0.4, -0.2) is 86.1 Å². The number of hydrogen-bond acceptors (Lipinski definition) is 10. The predicted octanol–water partition coefficient (Wildman–Crippen LogP) is 8.50. The van der Waals surface area contributed by atoms with Crippen molar-refractivity contribution in [1.82, 2.24) is 0 Å². The first-order valence-electron chi connectivity index (χ1n) is 19.3. The molecular formula is C39H70O10. The van der Waals surface area contributed by atoms with Crippen molar-refractivity contribution < 1.29 is 48.2 Å². The minimum atomic E-state index is -1.58. The van der Waals surface area contributed by atoms with Gasteiger partial charge in [0.2, 0.25) is 0 Å². The largest absolute Gasteiger partial charge is 0.508 e. The molecule has 1 unspecified atom stereocenters. The van der Waals surface area contributed by atoms with Crippen molar-refractivity contribution in [3.8, 4) is 0 Å². The smallest absolute Gasteiger partial charge is 0.454 e. The second-order valence-electron chi connectivity index (χ2n) is 13.2. The van der Waals surface area contributed by atoms with Gasteiger partial charge in [-0.25, -0.2) is 4.79 Å². The molecule has 10 heteroatoms. The van der Waals surface area contributed by atoms with Gasteiger partial charge in [0.25, 0.3) is 0 Å². The minimum absolute atomic E-state index is 0.0229. The number of allylic oxidation sites excluding steroid dienone is 2. The molecule has 2 N–H and O–H groups in total. The summed E-state index contributed by atoms with van der Waals surface area (Å²) in [5, 5.41) is 22.0. The van der Waals surface area contributed by atoms with Crippen molar-refractivity contribution in [2.24, 2.45) is 0 Å². The van der Waals surface area contributed by atoms with E-state index in [1.165, 1.54) is 76.7 Å². The molecule has 0 radical (unpaired) electrons. The van der Waals surface area contributed by atoms with E-state index in [1.807, 2.05) is 0 Å². The van der Waals surface area contributed by atoms with Gasteiger partial charge < -0.3 is 38.6 Å². The first kappa shape index (κ1) is 45.0. The van der Waals surface area contributed by atoms with Crippen molar-refractivity contribution in [1.29, 1.82) is 0 Å². The van der Waals surface area contributed by atoms with Crippen LogP contribution in [0.5, 0.6) is 0 Å². The standard InChI is InChI=1S/C39H70O10/c1-5-8-10-12-13-14-15-16-17-18-19-20-21-23-25-27-34(40)49-37-36(45-30-28-32(44-4)26-24-22-11-9-6-2)35(41)33(48-38(37)42)31-47-39(43)46-29-7-3/h7,14-15,32-33,35-38,41-42H,3,5-6,8-13,16-31H2,1-2,4H3/t32-,33-,35-,36+,37-,38?/m1/s1. The lowest BCUT2D eigenvalue weighted by Crippen LogP contribution is -2.61. The summed E-state index contributed by atoms with van der Waals surface area (Å²) in [6.45, 7) is 7.69. The van der Waals surface area contributed by atoms with Gasteiger partial charge in [-0.05, 0) is 44.9 Å². The Bertz CT molecular complexity index is 850. The first-order valence-corrected chi connectivity index (χ1v) is 19.3. The van der Waals surface area contributed by atoms with Gasteiger partial charge in [-0.1, -0.05) is 122 Å². The number of hydrogen-bond donors (Lipinski definition) is 2. The number of carbonyl (C=O) groups excluding carboxylic acids is 2. The lowest BCUT2D eigenvalue weighted by molar-refractivity contribution is -0.298. The number of rotatable bonds is 31. The van der Waals surface area contributed by atoms with Gasteiger partial charge in [-0.3, -0.25) is 4.79 Å². The van der Waals surface area contributed by atoms with E-state index in [0.29, 0.717) is 12.8 Å². The molecule has 0 aromatic heterocycles. The van der Waals surface area contributed by atoms with Crippen LogP contribution in [0.4, 0.5) is 4.79 Å². The van der Waals surface area contributed by atoms with E-state index in [-0.39, 0.29) is 32.3 Å². The average molecular weight is 699 g/mol. The Hall–Kier alpha value is -1.98. The lowest BCUT2D eigenvalue weighted by Gasteiger charge is -2.41. The molecule has 0 aromatic carbocycles. The fourth-order valence-electron chi connectivity index (χ4n) is 5.92. The molecular weight excluding hydrogens is 628 g/mol. The Balaban J connectivity index is 2.52. The number of carbonyl (C=O) groups is 2. The SMILES string of the molecule is C=CCOC(=O)OC[C@H]1OC(O)[C@H](OC(=O)CCCCCCCCCC=CCCCCCC)[C@@H](OCC[C@@H](CCCCCCC)OC)[C@@H]1O. The molecule has 0 aromatic rings. The fourth-order valence-corrected chi connectivity index (χ4v) is 5.92. The number of aliphatic hydroxyl groups excluding tert-OH is 2. The third kappa shape index (κ3) is 22.5. The van der Waals surface area contributed by atoms with E-state index in [9.17, 15) is 19.8 Å². The monoisotopic (exact) mass is 698 g/mol. The summed E-state index contributed by atoms with van der Waals surface area (Å²) in [5.41, 5.74) is 0. The summed E-state index contributed by atoms with van der Waals surface area (Å²) < 4.78 is 32.7. The van der Waals surface area contributed by atoms with Crippen LogP contribution < -0.4 is 0 Å². The Morgan fingerprint density at radius 2 is 1.37 bits per heavy atom. The highest BCUT2D eigenvalue weighted by atomic mass is 16.7. The lowest BCUT2D eigenvalue weighted by atomic mass is 9.98. The Morgan fingerprint density at radius 1 is 0.776 bits per heavy atom. The van der Waals surface area contributed by atoms with E-state index < -0.39 is 42.8 Å². The summed E-state index contributed by atoms with van der Waals surface area (Å²) in [4.78, 5) is 24.6. The predicted molar refractivity (Wildman–Crippen MR) is 192 cm³/mol. The van der Waals surface area contributed by atoms with Crippen LogP contribution in [-0.2, 0) is 33.2 Å². The summed E-state index contributed by atoms with van der Waals surface area (Å²) >= 11 is 0. The van der Waals surface area contributed by atoms with Crippen molar-refractivity contribution in [3.05, 3.63) is 24.8 Å². The molecule has 0 bridgehead atoms. The number of unbranched alkanes of at least 4 members (excludes halogenated alkanes) is 15. The third-order valence-corrected chi connectivity index (χ3v) is 8.94. The van der Waals surface area contributed by atoms with Gasteiger partial charge in [0, 0.05) is 20.1 Å². The molecule has 0 spiro atoms. The van der Waals surface area contributed by atoms with Crippen LogP contribution in [0.1, 0.15) is 149 Å². The Kier molecular flexibility index (Phi) is 28.3. The zero-order valence-electron chi connectivity index (χ0n) is 31.0. The fraction of sp³-hybridized carbons (Fsp3) is 0.846. The van der Waals surface area contributed by atoms with Crippen LogP contribution in [0.3, 0.4) is 0 Å². The number of aliphatic hydroxyl groups is 2. The van der Waals surface area contributed by atoms with Gasteiger partial charge in [-0.2, -0.15) is 0 Å². The van der Waals surface area contributed by atoms with Crippen LogP contribution in [0.2, 0.25) is 0 Å². The zero-order valence-corrected chi connectivity index (χ0v) is 31.0. The maximum absolute atomic E-state index is 12.8. The van der Waals surface area contributed by atoms with E-state index in [4.69, 9.17) is 28.4 Å². The molecule has 1 saturated heterocycles. The highest BCUT2D eigenvalue weighted by molar-refractivity contribution is 5.69. The van der Waals surface area contributed by atoms with E-state index >= 15 is 0 Å². The average Bonchev–Trinajstić information content (AvgIpc) is 3.09. The van der Waals surface area contributed by atoms with E-state index in [2.05, 4.69) is 32.6 Å². The topological polar surface area (TPSA) is 130 Å². The quantitative estimate of drug-likeness (QED) is 0.0413. The Labute approximate surface area is 297 Å². The maximum atomic E-state index is 12.8. The van der Waals surface area contributed by atoms with Crippen molar-refractivity contribution in [2.75, 3.05) is 26.9 Å². The summed E-state index contributed by atoms with van der Waals surface area (Å²) in [7, 11) is 1.67. The number of esters is 1. The molecule has 10 nitrogen and oxygen atoms in total. The normalized spacial score (nSPS) is 21.4. The van der Waals surface area contributed by atoms with Crippen molar-refractivity contribution in [2.45, 2.75) is 185 Å². The zero-order chi connectivity index (χ0) is 36.0. The van der Waals surface area contributed by atoms with Crippen molar-refractivity contribution >= 4 is 12.1 Å². The van der Waals surface area contributed by atoms with Gasteiger partial charge in [-0.15, -0.1) is 0 Å². The Morgan fingerprint density at radius 3 is 2.00 bits per heavy atom. The van der Waals surface area contributed by atoms with Crippen LogP contribution in [0.15, 0.2) is 24.8 Å². The van der Waals surface area contributed by atoms with Crippen LogP contribution >= 0.6 is 0 Å². The molecule has 49 heavy (non-hydrogen) atoms. The molecule has 1 aliphatic rings. The van der Waals surface area contributed by atoms with Gasteiger partial charge >= 0.3 is 12.1 Å². The molecule has 0 saturated carbocycles. The molecule has 1 rings (SSSR count). The molecule has 1 aliphatic heterocycles. The highest BCUT2D eigenvalue weighted by Crippen LogP contribution is 2.27. The maximum Gasteiger partial charge on any atom is 0.508 e. The van der Waals surface area contributed by atoms with Gasteiger partial charge in [0.15, 0.2) is 12.4 Å². The van der Waals surface area contributed by atoms with Gasteiger partial charge in [0.1, 0.15) is 31.5 Å². The second-order valence-corrected chi connectivity index (χ2v) is 13.2. The molecule has 286 valence electrons. The molecule has 6 atom stereocenters. The molecule has 0 amide bonds. The molecule has 1 fully saturated rings. The van der Waals surface area contributed by atoms with Crippen LogP contribution in [0.25, 0.3) is 0 Å². The van der Waals surface area contributed by atoms with E-state index in [0.717, 1.165) is 44.9 Å².